The summed E-state index contributed by atoms with van der Waals surface area (Å²) in [4.78, 5) is 26.7. The molecule has 0 spiro atoms. The number of carboxylic acid groups (broad SMARTS) is 1. The number of sulfonamides is 1. The van der Waals surface area contributed by atoms with Crippen LogP contribution >= 0.6 is 0 Å². The fourth-order valence-electron chi connectivity index (χ4n) is 5.57. The van der Waals surface area contributed by atoms with E-state index in [2.05, 4.69) is 16.4 Å². The van der Waals surface area contributed by atoms with Gasteiger partial charge in [0, 0.05) is 18.1 Å². The summed E-state index contributed by atoms with van der Waals surface area (Å²) in [5.74, 6) is -2.88. The van der Waals surface area contributed by atoms with E-state index >= 15 is 0 Å². The van der Waals surface area contributed by atoms with Gasteiger partial charge in [-0.15, -0.1) is 0 Å². The Morgan fingerprint density at radius 3 is 2.32 bits per heavy atom. The number of benzene rings is 3. The van der Waals surface area contributed by atoms with Gasteiger partial charge >= 0.3 is 12.1 Å². The van der Waals surface area contributed by atoms with Gasteiger partial charge < -0.3 is 21.3 Å². The van der Waals surface area contributed by atoms with E-state index in [-0.39, 0.29) is 24.2 Å². The molecule has 0 fully saturated rings. The lowest BCUT2D eigenvalue weighted by Gasteiger charge is -2.35. The smallest absolute Gasteiger partial charge is 0.490 e. The van der Waals surface area contributed by atoms with Gasteiger partial charge in [0.25, 0.3) is 0 Å². The van der Waals surface area contributed by atoms with Crippen LogP contribution in [0.2, 0.25) is 0 Å². The number of aliphatic carboxylic acids is 1. The normalized spacial score (nSPS) is 15.3. The van der Waals surface area contributed by atoms with Crippen LogP contribution in [0.25, 0.3) is 10.9 Å². The summed E-state index contributed by atoms with van der Waals surface area (Å²) in [6.07, 6.45) is -0.660. The molecule has 1 aliphatic rings. The van der Waals surface area contributed by atoms with E-state index in [9.17, 15) is 31.5 Å². The number of aromatic nitrogens is 1. The van der Waals surface area contributed by atoms with Gasteiger partial charge in [0.2, 0.25) is 15.9 Å². The van der Waals surface area contributed by atoms with Gasteiger partial charge in [-0.2, -0.15) is 13.2 Å². The van der Waals surface area contributed by atoms with Crippen molar-refractivity contribution >= 4 is 38.5 Å². The van der Waals surface area contributed by atoms with E-state index in [4.69, 9.17) is 15.6 Å². The van der Waals surface area contributed by atoms with Crippen LogP contribution in [-0.4, -0.2) is 60.5 Å². The molecule has 1 aromatic heterocycles. The number of anilines is 1. The molecule has 0 unspecified atom stereocenters. The van der Waals surface area contributed by atoms with Crippen LogP contribution in [0.15, 0.2) is 66.9 Å². The quantitative estimate of drug-likeness (QED) is 0.220. The number of nitrogens with one attached hydrogen (secondary N) is 1. The first kappa shape index (κ1) is 35.2. The number of nitrogens with two attached hydrogens (primary N) is 1. The van der Waals surface area contributed by atoms with Crippen LogP contribution in [0.5, 0.6) is 5.75 Å². The van der Waals surface area contributed by atoms with E-state index in [0.29, 0.717) is 24.9 Å². The zero-order valence-corrected chi connectivity index (χ0v) is 26.7. The average Bonchev–Trinajstić information content (AvgIpc) is 2.98. The summed E-state index contributed by atoms with van der Waals surface area (Å²) < 4.78 is 58.3. The number of hydrogen-bond acceptors (Lipinski definition) is 7. The van der Waals surface area contributed by atoms with Gasteiger partial charge in [0.1, 0.15) is 5.75 Å². The molecule has 0 aliphatic carbocycles. The zero-order valence-electron chi connectivity index (χ0n) is 25.9. The molecule has 5 rings (SSSR count). The fourth-order valence-corrected chi connectivity index (χ4v) is 6.53. The molecule has 3 aromatic carbocycles. The summed E-state index contributed by atoms with van der Waals surface area (Å²) in [6.45, 7) is 4.03. The van der Waals surface area contributed by atoms with Crippen molar-refractivity contribution in [2.75, 3.05) is 17.1 Å². The van der Waals surface area contributed by atoms with Crippen LogP contribution in [-0.2, 0) is 32.5 Å². The minimum absolute atomic E-state index is 0.182. The topological polar surface area (TPSA) is 163 Å². The molecule has 14 heteroatoms. The number of phenols is 1. The lowest BCUT2D eigenvalue weighted by atomic mass is 9.92. The number of alkyl halides is 3. The molecule has 4 aromatic rings. The highest BCUT2D eigenvalue weighted by Crippen LogP contribution is 2.36. The highest BCUT2D eigenvalue weighted by Gasteiger charge is 2.38. The molecule has 0 saturated heterocycles. The number of para-hydroxylation sites is 1. The first-order chi connectivity index (χ1) is 21.9. The molecule has 0 bridgehead atoms. The van der Waals surface area contributed by atoms with Crippen molar-refractivity contribution in [3.63, 3.8) is 0 Å². The van der Waals surface area contributed by atoms with Gasteiger partial charge in [-0.1, -0.05) is 30.3 Å². The Kier molecular flexibility index (Phi) is 10.5. The van der Waals surface area contributed by atoms with Crippen molar-refractivity contribution in [1.29, 1.82) is 0 Å². The van der Waals surface area contributed by atoms with Gasteiger partial charge in [-0.05, 0) is 96.8 Å². The number of halogens is 3. The Balaban J connectivity index is 0.000000644. The molecular weight excluding hydrogens is 637 g/mol. The maximum Gasteiger partial charge on any atom is 0.490 e. The number of rotatable bonds is 7. The first-order valence-electron chi connectivity index (χ1n) is 14.5. The van der Waals surface area contributed by atoms with Crippen molar-refractivity contribution in [1.82, 2.24) is 10.3 Å². The number of aryl methyl sites for hydroxylation is 2. The third-order valence-electron chi connectivity index (χ3n) is 7.81. The van der Waals surface area contributed by atoms with Crippen LogP contribution in [0.3, 0.4) is 0 Å². The summed E-state index contributed by atoms with van der Waals surface area (Å²) in [7, 11) is -3.49. The molecule has 2 atom stereocenters. The predicted molar refractivity (Wildman–Crippen MR) is 172 cm³/mol. The van der Waals surface area contributed by atoms with Gasteiger partial charge in [-0.25, -0.2) is 13.2 Å². The Bertz CT molecular complexity index is 1890. The first-order valence-corrected chi connectivity index (χ1v) is 16.4. The predicted octanol–water partition coefficient (Wildman–Crippen LogP) is 4.68. The van der Waals surface area contributed by atoms with E-state index in [1.807, 2.05) is 62.5 Å². The number of carboxylic acids is 1. The maximum atomic E-state index is 13.3. The van der Waals surface area contributed by atoms with Crippen LogP contribution in [0.1, 0.15) is 45.8 Å². The second kappa shape index (κ2) is 14.0. The summed E-state index contributed by atoms with van der Waals surface area (Å²) in [6, 6.07) is 17.9. The minimum atomic E-state index is -5.08. The number of phenolic OH excluding ortho intramolecular Hbond substituents is 1. The highest BCUT2D eigenvalue weighted by atomic mass is 32.2. The lowest BCUT2D eigenvalue weighted by Crippen LogP contribution is -2.46. The number of amides is 1. The average molecular weight is 673 g/mol. The number of hydrogen-bond donors (Lipinski definition) is 4. The van der Waals surface area contributed by atoms with Crippen LogP contribution in [0, 0.1) is 13.8 Å². The van der Waals surface area contributed by atoms with E-state index in [1.54, 1.807) is 12.1 Å². The molecule has 2 heterocycles. The maximum absolute atomic E-state index is 13.3. The monoisotopic (exact) mass is 672 g/mol. The molecular formula is C33H35F3N4O6S. The molecule has 0 saturated carbocycles. The second-order valence-electron chi connectivity index (χ2n) is 11.5. The number of carbonyl (C=O) groups excluding carboxylic acids is 1. The Labute approximate surface area is 270 Å². The van der Waals surface area contributed by atoms with Crippen molar-refractivity contribution in [3.8, 4) is 5.75 Å². The Morgan fingerprint density at radius 1 is 1.06 bits per heavy atom. The number of carbonyl (C=O) groups is 2. The van der Waals surface area contributed by atoms with Crippen molar-refractivity contribution in [3.05, 3.63) is 100 Å². The molecule has 5 N–H and O–H groups in total. The van der Waals surface area contributed by atoms with Gasteiger partial charge in [-0.3, -0.25) is 14.1 Å². The zero-order chi connectivity index (χ0) is 34.7. The molecule has 1 aliphatic heterocycles. The largest absolute Gasteiger partial charge is 0.508 e. The molecule has 0 radical (unpaired) electrons. The number of pyridine rings is 1. The van der Waals surface area contributed by atoms with Crippen molar-refractivity contribution in [2.24, 2.45) is 5.73 Å². The highest BCUT2D eigenvalue weighted by molar-refractivity contribution is 7.92. The lowest BCUT2D eigenvalue weighted by molar-refractivity contribution is -0.192. The number of nitrogens with zero attached hydrogens (tertiary/aromatic N) is 2. The van der Waals surface area contributed by atoms with Gasteiger partial charge in [0.05, 0.1) is 29.5 Å². The molecule has 47 heavy (non-hydrogen) atoms. The third-order valence-corrected chi connectivity index (χ3v) is 8.99. The van der Waals surface area contributed by atoms with E-state index < -0.39 is 28.2 Å². The standard InChI is InChI=1S/C31H34N4O4S.C2HF3O2/c1-19-12-24(36)13-20(2)25(19)17-27(32)31(37)34-29-10-11-35(40(3,38)39)30-9-8-21(16-26(29)30)14-22-15-23-6-4-5-7-28(23)33-18-22;3-2(4,5)1(6)7/h4-9,12-13,15-16,18,27,29,36H,10-11,14,17,32H2,1-3H3,(H,34,37);(H,6,7)/t27-,29+;/m0./s1. The third kappa shape index (κ3) is 8.77. The van der Waals surface area contributed by atoms with Crippen LogP contribution < -0.4 is 15.4 Å². The van der Waals surface area contributed by atoms with Gasteiger partial charge in [0.15, 0.2) is 0 Å². The summed E-state index contributed by atoms with van der Waals surface area (Å²) in [5, 5.41) is 21.1. The van der Waals surface area contributed by atoms with Crippen LogP contribution in [0.4, 0.5) is 18.9 Å². The summed E-state index contributed by atoms with van der Waals surface area (Å²) in [5.41, 5.74) is 13.3. The molecule has 250 valence electrons. The van der Waals surface area contributed by atoms with E-state index in [0.717, 1.165) is 44.3 Å². The number of fused-ring (bicyclic) bond motifs is 2. The fraction of sp³-hybridized carbons (Fsp3) is 0.303. The SMILES string of the molecule is Cc1cc(O)cc(C)c1C[C@H](N)C(=O)N[C@@H]1CCN(S(C)(=O)=O)c2ccc(Cc3cnc4ccccc4c3)cc21.O=C(O)C(F)(F)F. The van der Waals surface area contributed by atoms with E-state index in [1.165, 1.54) is 10.6 Å². The number of aromatic hydroxyl groups is 1. The molecule has 10 nitrogen and oxygen atoms in total. The minimum Gasteiger partial charge on any atom is -0.508 e. The van der Waals surface area contributed by atoms with Crippen molar-refractivity contribution < 1.29 is 41.4 Å². The Hall–Kier alpha value is -4.69. The Morgan fingerprint density at radius 2 is 1.70 bits per heavy atom. The summed E-state index contributed by atoms with van der Waals surface area (Å²) >= 11 is 0. The van der Waals surface area contributed by atoms with Crippen molar-refractivity contribution in [2.45, 2.75) is 51.4 Å². The second-order valence-corrected chi connectivity index (χ2v) is 13.4. The molecule has 1 amide bonds.